The second-order valence-electron chi connectivity index (χ2n) is 3.04. The monoisotopic (exact) mass is 200 g/mol. The topological polar surface area (TPSA) is 61.3 Å². The van der Waals surface area contributed by atoms with Gasteiger partial charge in [-0.25, -0.2) is 0 Å². The van der Waals surface area contributed by atoms with Gasteiger partial charge in [0, 0.05) is 23.7 Å². The van der Waals surface area contributed by atoms with Crippen molar-refractivity contribution in [3.8, 4) is 5.75 Å². The van der Waals surface area contributed by atoms with E-state index in [-0.39, 0.29) is 18.4 Å². The van der Waals surface area contributed by atoms with Crippen LogP contribution in [0, 0.1) is 0 Å². The van der Waals surface area contributed by atoms with Crippen molar-refractivity contribution in [2.24, 2.45) is 5.73 Å². The van der Waals surface area contributed by atoms with Gasteiger partial charge in [0.05, 0.1) is 6.61 Å². The molecule has 4 N–H and O–H groups in total. The lowest BCUT2D eigenvalue weighted by molar-refractivity contribution is 0.269. The van der Waals surface area contributed by atoms with Crippen molar-refractivity contribution < 1.29 is 4.74 Å². The lowest BCUT2D eigenvalue weighted by atomic mass is 10.0. The number of ether oxygens (including phenoxy) is 1. The Bertz CT molecular complexity index is 304. The number of nitrogens with two attached hydrogens (primary N) is 2. The van der Waals surface area contributed by atoms with E-state index in [0.29, 0.717) is 6.61 Å². The standard InChI is InChI=1S/C9H12N2O.ClH/c10-6-1-2-9-7(5-6)8(11)3-4-12-9;/h1-2,5,8H,3-4,10-11H2;1H/t8-;/m1./s1. The third kappa shape index (κ3) is 1.87. The summed E-state index contributed by atoms with van der Waals surface area (Å²) in [6, 6.07) is 5.68. The summed E-state index contributed by atoms with van der Waals surface area (Å²) in [6.07, 6.45) is 0.871. The van der Waals surface area contributed by atoms with Crippen LogP contribution in [0.5, 0.6) is 5.75 Å². The van der Waals surface area contributed by atoms with Crippen molar-refractivity contribution in [3.63, 3.8) is 0 Å². The molecule has 4 heteroatoms. The van der Waals surface area contributed by atoms with Crippen LogP contribution in [-0.2, 0) is 0 Å². The third-order valence-electron chi connectivity index (χ3n) is 2.12. The van der Waals surface area contributed by atoms with Crippen LogP contribution in [0.2, 0.25) is 0 Å². The van der Waals surface area contributed by atoms with Crippen molar-refractivity contribution in [2.75, 3.05) is 12.3 Å². The molecule has 0 amide bonds. The van der Waals surface area contributed by atoms with Crippen molar-refractivity contribution >= 4 is 18.1 Å². The fraction of sp³-hybridized carbons (Fsp3) is 0.333. The molecule has 0 radical (unpaired) electrons. The highest BCUT2D eigenvalue weighted by atomic mass is 35.5. The number of anilines is 1. The molecule has 1 aliphatic rings. The lowest BCUT2D eigenvalue weighted by Gasteiger charge is -2.22. The van der Waals surface area contributed by atoms with Gasteiger partial charge < -0.3 is 16.2 Å². The predicted molar refractivity (Wildman–Crippen MR) is 55.1 cm³/mol. The Morgan fingerprint density at radius 3 is 2.92 bits per heavy atom. The number of hydrogen-bond donors (Lipinski definition) is 2. The molecule has 0 saturated heterocycles. The summed E-state index contributed by atoms with van der Waals surface area (Å²) < 4.78 is 5.41. The first-order valence-electron chi connectivity index (χ1n) is 4.05. The maximum Gasteiger partial charge on any atom is 0.124 e. The van der Waals surface area contributed by atoms with E-state index in [2.05, 4.69) is 0 Å². The van der Waals surface area contributed by atoms with Crippen LogP contribution in [-0.4, -0.2) is 6.61 Å². The molecule has 1 aromatic carbocycles. The van der Waals surface area contributed by atoms with Gasteiger partial charge in [0.15, 0.2) is 0 Å². The van der Waals surface area contributed by atoms with Crippen LogP contribution in [0.4, 0.5) is 5.69 Å². The van der Waals surface area contributed by atoms with E-state index >= 15 is 0 Å². The summed E-state index contributed by atoms with van der Waals surface area (Å²) in [7, 11) is 0. The molecule has 2 rings (SSSR count). The minimum absolute atomic E-state index is 0. The molecule has 1 atom stereocenters. The van der Waals surface area contributed by atoms with E-state index in [0.717, 1.165) is 23.4 Å². The first-order chi connectivity index (χ1) is 5.77. The highest BCUT2D eigenvalue weighted by molar-refractivity contribution is 5.85. The summed E-state index contributed by atoms with van der Waals surface area (Å²) >= 11 is 0. The second kappa shape index (κ2) is 3.85. The summed E-state index contributed by atoms with van der Waals surface area (Å²) in [5.41, 5.74) is 13.3. The molecule has 1 aromatic rings. The number of rotatable bonds is 0. The summed E-state index contributed by atoms with van der Waals surface area (Å²) in [5.74, 6) is 0.878. The second-order valence-corrected chi connectivity index (χ2v) is 3.04. The van der Waals surface area contributed by atoms with Crippen molar-refractivity contribution in [1.29, 1.82) is 0 Å². The minimum Gasteiger partial charge on any atom is -0.493 e. The van der Waals surface area contributed by atoms with Crippen molar-refractivity contribution in [3.05, 3.63) is 23.8 Å². The van der Waals surface area contributed by atoms with E-state index in [1.807, 2.05) is 18.2 Å². The number of fused-ring (bicyclic) bond motifs is 1. The van der Waals surface area contributed by atoms with Gasteiger partial charge in [0.2, 0.25) is 0 Å². The average molecular weight is 201 g/mol. The lowest BCUT2D eigenvalue weighted by Crippen LogP contribution is -2.20. The molecule has 0 aromatic heterocycles. The highest BCUT2D eigenvalue weighted by Gasteiger charge is 2.17. The molecule has 0 aliphatic carbocycles. The molecule has 13 heavy (non-hydrogen) atoms. The Morgan fingerprint density at radius 2 is 2.15 bits per heavy atom. The quantitative estimate of drug-likeness (QED) is 0.624. The van der Waals surface area contributed by atoms with Crippen LogP contribution in [0.3, 0.4) is 0 Å². The van der Waals surface area contributed by atoms with Gasteiger partial charge >= 0.3 is 0 Å². The van der Waals surface area contributed by atoms with Crippen LogP contribution in [0.25, 0.3) is 0 Å². The Balaban J connectivity index is 0.000000845. The highest BCUT2D eigenvalue weighted by Crippen LogP contribution is 2.31. The molecule has 0 unspecified atom stereocenters. The fourth-order valence-electron chi connectivity index (χ4n) is 1.44. The number of nitrogen functional groups attached to an aromatic ring is 1. The first-order valence-corrected chi connectivity index (χ1v) is 4.05. The zero-order chi connectivity index (χ0) is 8.55. The van der Waals surface area contributed by atoms with E-state index in [4.69, 9.17) is 16.2 Å². The zero-order valence-electron chi connectivity index (χ0n) is 7.19. The van der Waals surface area contributed by atoms with E-state index in [1.54, 1.807) is 0 Å². The van der Waals surface area contributed by atoms with Crippen LogP contribution < -0.4 is 16.2 Å². The molecular formula is C9H13ClN2O. The van der Waals surface area contributed by atoms with E-state index < -0.39 is 0 Å². The minimum atomic E-state index is 0. The van der Waals surface area contributed by atoms with Crippen molar-refractivity contribution in [2.45, 2.75) is 12.5 Å². The molecule has 0 bridgehead atoms. The number of halogens is 1. The zero-order valence-corrected chi connectivity index (χ0v) is 8.01. The number of benzene rings is 1. The maximum atomic E-state index is 5.88. The molecule has 1 heterocycles. The van der Waals surface area contributed by atoms with Gasteiger partial charge in [-0.2, -0.15) is 0 Å². The van der Waals surface area contributed by atoms with Gasteiger partial charge in [-0.3, -0.25) is 0 Å². The van der Waals surface area contributed by atoms with Gasteiger partial charge in [0.25, 0.3) is 0 Å². The van der Waals surface area contributed by atoms with Crippen LogP contribution in [0.15, 0.2) is 18.2 Å². The molecular weight excluding hydrogens is 188 g/mol. The summed E-state index contributed by atoms with van der Waals surface area (Å²) in [5, 5.41) is 0. The average Bonchev–Trinajstić information content (AvgIpc) is 2.07. The summed E-state index contributed by atoms with van der Waals surface area (Å²) in [4.78, 5) is 0. The van der Waals surface area contributed by atoms with Gasteiger partial charge in [-0.05, 0) is 18.2 Å². The largest absolute Gasteiger partial charge is 0.493 e. The Morgan fingerprint density at radius 1 is 1.38 bits per heavy atom. The SMILES string of the molecule is Cl.Nc1ccc2c(c1)[C@H](N)CCO2. The summed E-state index contributed by atoms with van der Waals surface area (Å²) in [6.45, 7) is 0.706. The molecule has 0 fully saturated rings. The van der Waals surface area contributed by atoms with E-state index in [1.165, 1.54) is 0 Å². The molecule has 1 aliphatic heterocycles. The van der Waals surface area contributed by atoms with Crippen LogP contribution in [0.1, 0.15) is 18.0 Å². The molecule has 3 nitrogen and oxygen atoms in total. The van der Waals surface area contributed by atoms with Crippen LogP contribution >= 0.6 is 12.4 Å². The maximum absolute atomic E-state index is 5.88. The van der Waals surface area contributed by atoms with E-state index in [9.17, 15) is 0 Å². The predicted octanol–water partition coefficient (Wildman–Crippen LogP) is 1.47. The Kier molecular flexibility index (Phi) is 3.01. The molecule has 72 valence electrons. The fourth-order valence-corrected chi connectivity index (χ4v) is 1.44. The first kappa shape index (κ1) is 10.2. The molecule has 0 saturated carbocycles. The molecule has 0 spiro atoms. The smallest absolute Gasteiger partial charge is 0.124 e. The van der Waals surface area contributed by atoms with Gasteiger partial charge in [0.1, 0.15) is 5.75 Å². The third-order valence-corrected chi connectivity index (χ3v) is 2.12. The Hall–Kier alpha value is -0.930. The normalized spacial score (nSPS) is 19.6. The van der Waals surface area contributed by atoms with Gasteiger partial charge in [-0.15, -0.1) is 12.4 Å². The Labute approximate surface area is 83.5 Å². The van der Waals surface area contributed by atoms with Gasteiger partial charge in [-0.1, -0.05) is 0 Å². The van der Waals surface area contributed by atoms with Crippen molar-refractivity contribution in [1.82, 2.24) is 0 Å². The number of hydrogen-bond acceptors (Lipinski definition) is 3.